The first-order chi connectivity index (χ1) is 11.2. The molecule has 7 heteroatoms. The Hall–Kier alpha value is -1.57. The van der Waals surface area contributed by atoms with E-state index in [1.165, 1.54) is 23.7 Å². The fourth-order valence-corrected chi connectivity index (χ4v) is 3.47. The van der Waals surface area contributed by atoms with Crippen LogP contribution in [0.25, 0.3) is 0 Å². The maximum absolute atomic E-state index is 12.9. The predicted octanol–water partition coefficient (Wildman–Crippen LogP) is 2.10. The van der Waals surface area contributed by atoms with Crippen LogP contribution in [0.2, 0.25) is 0 Å². The quantitative estimate of drug-likeness (QED) is 0.906. The molecule has 0 spiro atoms. The van der Waals surface area contributed by atoms with E-state index in [2.05, 4.69) is 26.1 Å². The minimum absolute atomic E-state index is 0.280. The highest BCUT2D eigenvalue weighted by molar-refractivity contribution is 7.09. The van der Waals surface area contributed by atoms with E-state index in [0.29, 0.717) is 6.54 Å². The van der Waals surface area contributed by atoms with E-state index in [0.717, 1.165) is 49.1 Å². The van der Waals surface area contributed by atoms with Crippen LogP contribution in [0.1, 0.15) is 24.4 Å². The highest BCUT2D eigenvalue weighted by atomic mass is 32.1. The first-order valence-corrected chi connectivity index (χ1v) is 8.66. The highest BCUT2D eigenvalue weighted by Crippen LogP contribution is 2.21. The zero-order chi connectivity index (χ0) is 16.2. The third-order valence-corrected chi connectivity index (χ3v) is 4.92. The summed E-state index contributed by atoms with van der Waals surface area (Å²) in [6, 6.07) is 6.06. The van der Waals surface area contributed by atoms with Gasteiger partial charge in [0.05, 0.1) is 6.10 Å². The van der Waals surface area contributed by atoms with Crippen molar-refractivity contribution >= 4 is 16.7 Å². The largest absolute Gasteiger partial charge is 0.387 e. The van der Waals surface area contributed by atoms with Crippen LogP contribution in [0.4, 0.5) is 9.52 Å². The van der Waals surface area contributed by atoms with E-state index in [-0.39, 0.29) is 5.82 Å². The number of benzene rings is 1. The van der Waals surface area contributed by atoms with Crippen LogP contribution in [0, 0.1) is 5.82 Å². The van der Waals surface area contributed by atoms with Crippen molar-refractivity contribution in [2.45, 2.75) is 19.4 Å². The van der Waals surface area contributed by atoms with Gasteiger partial charge in [-0.2, -0.15) is 4.37 Å². The van der Waals surface area contributed by atoms with Gasteiger partial charge >= 0.3 is 0 Å². The number of piperazine rings is 1. The van der Waals surface area contributed by atoms with Crippen LogP contribution in [0.15, 0.2) is 24.3 Å². The van der Waals surface area contributed by atoms with Gasteiger partial charge in [-0.15, -0.1) is 0 Å². The number of aliphatic hydroxyl groups excluding tert-OH is 1. The van der Waals surface area contributed by atoms with Crippen molar-refractivity contribution in [3.8, 4) is 0 Å². The lowest BCUT2D eigenvalue weighted by Crippen LogP contribution is -2.47. The topological polar surface area (TPSA) is 52.5 Å². The number of β-amino-alcohol motifs (C(OH)–C–C–N with tert-alkyl or cyclic N) is 1. The van der Waals surface area contributed by atoms with E-state index >= 15 is 0 Å². The Morgan fingerprint density at radius 2 is 1.91 bits per heavy atom. The molecule has 0 bridgehead atoms. The number of nitrogens with zero attached hydrogens (tertiary/aromatic N) is 4. The van der Waals surface area contributed by atoms with Crippen molar-refractivity contribution < 1.29 is 9.50 Å². The molecule has 1 atom stereocenters. The van der Waals surface area contributed by atoms with Crippen molar-refractivity contribution in [1.82, 2.24) is 14.3 Å². The molecule has 5 nitrogen and oxygen atoms in total. The second-order valence-corrected chi connectivity index (χ2v) is 6.43. The van der Waals surface area contributed by atoms with Crippen molar-refractivity contribution in [2.24, 2.45) is 0 Å². The number of anilines is 1. The Kier molecular flexibility index (Phi) is 5.20. The smallest absolute Gasteiger partial charge is 0.205 e. The second kappa shape index (κ2) is 7.33. The van der Waals surface area contributed by atoms with E-state index in [9.17, 15) is 9.50 Å². The van der Waals surface area contributed by atoms with E-state index in [1.54, 1.807) is 12.1 Å². The van der Waals surface area contributed by atoms with E-state index in [4.69, 9.17) is 0 Å². The fourth-order valence-electron chi connectivity index (χ4n) is 2.67. The average Bonchev–Trinajstić information content (AvgIpc) is 3.05. The summed E-state index contributed by atoms with van der Waals surface area (Å²) in [6.07, 6.45) is 0.274. The molecule has 1 aromatic carbocycles. The van der Waals surface area contributed by atoms with E-state index in [1.807, 2.05) is 0 Å². The van der Waals surface area contributed by atoms with Gasteiger partial charge in [0, 0.05) is 50.7 Å². The zero-order valence-electron chi connectivity index (χ0n) is 13.2. The van der Waals surface area contributed by atoms with Gasteiger partial charge in [-0.25, -0.2) is 9.37 Å². The zero-order valence-corrected chi connectivity index (χ0v) is 14.0. The maximum atomic E-state index is 12.9. The lowest BCUT2D eigenvalue weighted by molar-refractivity contribution is 0.109. The molecule has 3 rings (SSSR count). The molecule has 0 amide bonds. The minimum Gasteiger partial charge on any atom is -0.387 e. The van der Waals surface area contributed by atoms with Gasteiger partial charge in [-0.05, 0) is 17.7 Å². The SMILES string of the molecule is CCc1nsc(N2CCN(CC(O)c3ccc(F)cc3)CC2)n1. The molecule has 1 aliphatic heterocycles. The van der Waals surface area contributed by atoms with E-state index < -0.39 is 6.10 Å². The minimum atomic E-state index is -0.588. The molecule has 1 fully saturated rings. The summed E-state index contributed by atoms with van der Waals surface area (Å²) in [5, 5.41) is 11.3. The van der Waals surface area contributed by atoms with Gasteiger partial charge in [0.1, 0.15) is 11.6 Å². The molecule has 1 unspecified atom stereocenters. The summed E-state index contributed by atoms with van der Waals surface area (Å²) in [4.78, 5) is 9.00. The molecular formula is C16H21FN4OS. The van der Waals surface area contributed by atoms with Gasteiger partial charge in [-0.3, -0.25) is 4.90 Å². The molecule has 1 aliphatic rings. The highest BCUT2D eigenvalue weighted by Gasteiger charge is 2.22. The monoisotopic (exact) mass is 336 g/mol. The van der Waals surface area contributed by atoms with Gasteiger partial charge in [-0.1, -0.05) is 19.1 Å². The van der Waals surface area contributed by atoms with Crippen LogP contribution in [-0.4, -0.2) is 52.1 Å². The fraction of sp³-hybridized carbons (Fsp3) is 0.500. The second-order valence-electron chi connectivity index (χ2n) is 5.70. The van der Waals surface area contributed by atoms with Gasteiger partial charge in [0.2, 0.25) is 5.13 Å². The molecule has 0 aliphatic carbocycles. The maximum Gasteiger partial charge on any atom is 0.205 e. The Bertz CT molecular complexity index is 625. The summed E-state index contributed by atoms with van der Waals surface area (Å²) in [5.41, 5.74) is 0.755. The van der Waals surface area contributed by atoms with Gasteiger partial charge < -0.3 is 10.0 Å². The van der Waals surface area contributed by atoms with Gasteiger partial charge in [0.15, 0.2) is 0 Å². The number of hydrogen-bond donors (Lipinski definition) is 1. The molecule has 124 valence electrons. The molecule has 1 N–H and O–H groups in total. The summed E-state index contributed by atoms with van der Waals surface area (Å²) in [6.45, 7) is 6.14. The van der Waals surface area contributed by atoms with Crippen LogP contribution in [-0.2, 0) is 6.42 Å². The van der Waals surface area contributed by atoms with Crippen LogP contribution in [0.3, 0.4) is 0 Å². The van der Waals surface area contributed by atoms with Crippen LogP contribution >= 0.6 is 11.5 Å². The number of hydrogen-bond acceptors (Lipinski definition) is 6. The Morgan fingerprint density at radius 3 is 2.52 bits per heavy atom. The standard InChI is InChI=1S/C16H21FN4OS/c1-2-15-18-16(23-19-15)21-9-7-20(8-10-21)11-14(22)12-3-5-13(17)6-4-12/h3-6,14,22H,2,7-11H2,1H3. The van der Waals surface area contributed by atoms with Crippen LogP contribution < -0.4 is 4.90 Å². The molecule has 2 aromatic rings. The molecule has 23 heavy (non-hydrogen) atoms. The number of aliphatic hydroxyl groups is 1. The molecular weight excluding hydrogens is 315 g/mol. The number of aryl methyl sites for hydroxylation is 1. The van der Waals surface area contributed by atoms with Crippen molar-refractivity contribution in [3.05, 3.63) is 41.5 Å². The summed E-state index contributed by atoms with van der Waals surface area (Å²) in [7, 11) is 0. The van der Waals surface area contributed by atoms with Gasteiger partial charge in [0.25, 0.3) is 0 Å². The third-order valence-electron chi connectivity index (χ3n) is 4.10. The molecule has 1 aromatic heterocycles. The molecule has 0 saturated carbocycles. The first kappa shape index (κ1) is 16.3. The normalized spacial score (nSPS) is 17.4. The van der Waals surface area contributed by atoms with Crippen molar-refractivity contribution in [1.29, 1.82) is 0 Å². The third kappa shape index (κ3) is 4.04. The number of aromatic nitrogens is 2. The Labute approximate surface area is 139 Å². The van der Waals surface area contributed by atoms with Crippen molar-refractivity contribution in [2.75, 3.05) is 37.6 Å². The molecule has 0 radical (unpaired) electrons. The Morgan fingerprint density at radius 1 is 1.22 bits per heavy atom. The number of halogens is 1. The van der Waals surface area contributed by atoms with Crippen LogP contribution in [0.5, 0.6) is 0 Å². The molecule has 1 saturated heterocycles. The predicted molar refractivity (Wildman–Crippen MR) is 89.3 cm³/mol. The average molecular weight is 336 g/mol. The summed E-state index contributed by atoms with van der Waals surface area (Å²) < 4.78 is 17.3. The lowest BCUT2D eigenvalue weighted by atomic mass is 10.1. The summed E-state index contributed by atoms with van der Waals surface area (Å²) >= 11 is 1.46. The summed E-state index contributed by atoms with van der Waals surface area (Å²) in [5.74, 6) is 0.622. The van der Waals surface area contributed by atoms with Crippen molar-refractivity contribution in [3.63, 3.8) is 0 Å². The number of rotatable bonds is 5. The lowest BCUT2D eigenvalue weighted by Gasteiger charge is -2.35. The first-order valence-electron chi connectivity index (χ1n) is 7.89. The Balaban J connectivity index is 1.51. The molecule has 2 heterocycles.